The van der Waals surface area contributed by atoms with Gasteiger partial charge in [-0.2, -0.15) is 0 Å². The van der Waals surface area contributed by atoms with Crippen LogP contribution in [-0.4, -0.2) is 27.2 Å². The fraction of sp³-hybridized carbons (Fsp3) is 0.133. The molecule has 0 unspecified atom stereocenters. The molecular weight excluding hydrogens is 345 g/mol. The van der Waals surface area contributed by atoms with Crippen LogP contribution in [0.1, 0.15) is 0 Å². The second-order valence-corrected chi connectivity index (χ2v) is 7.16. The van der Waals surface area contributed by atoms with Crippen molar-refractivity contribution in [3.63, 3.8) is 0 Å². The molecule has 0 saturated heterocycles. The van der Waals surface area contributed by atoms with Crippen LogP contribution in [0.2, 0.25) is 5.02 Å². The number of anilines is 1. The maximum atomic E-state index is 13.7. The molecule has 8 heteroatoms. The molecule has 0 heterocycles. The van der Waals surface area contributed by atoms with E-state index >= 15 is 0 Å². The van der Waals surface area contributed by atoms with Crippen molar-refractivity contribution < 1.29 is 22.3 Å². The number of amides is 1. The standard InChI is InChI=1S/C15H13ClFNO4S/c1-23(20,21)12-5-6-13(17)14(8-12)18-15(19)9-22-11-4-2-3-10(16)7-11/h2-8H,9H2,1H3,(H,18,19). The van der Waals surface area contributed by atoms with Gasteiger partial charge in [0.25, 0.3) is 5.91 Å². The Bertz CT molecular complexity index is 839. The molecule has 0 aliphatic heterocycles. The molecule has 0 spiro atoms. The third-order valence-corrected chi connectivity index (χ3v) is 4.15. The normalized spacial score (nSPS) is 11.1. The fourth-order valence-electron chi connectivity index (χ4n) is 1.72. The second-order valence-electron chi connectivity index (χ2n) is 4.71. The highest BCUT2D eigenvalue weighted by atomic mass is 35.5. The quantitative estimate of drug-likeness (QED) is 0.835. The Labute approximate surface area is 138 Å². The van der Waals surface area contributed by atoms with Gasteiger partial charge in [-0.3, -0.25) is 4.79 Å². The predicted molar refractivity (Wildman–Crippen MR) is 85.1 cm³/mol. The van der Waals surface area contributed by atoms with Gasteiger partial charge in [-0.1, -0.05) is 17.7 Å². The maximum Gasteiger partial charge on any atom is 0.262 e. The van der Waals surface area contributed by atoms with E-state index < -0.39 is 21.6 Å². The van der Waals surface area contributed by atoms with E-state index in [2.05, 4.69) is 5.32 Å². The van der Waals surface area contributed by atoms with Crippen LogP contribution in [0, 0.1) is 5.82 Å². The highest BCUT2D eigenvalue weighted by Crippen LogP contribution is 2.20. The Morgan fingerprint density at radius 3 is 2.65 bits per heavy atom. The molecule has 23 heavy (non-hydrogen) atoms. The number of ether oxygens (including phenoxy) is 1. The van der Waals surface area contributed by atoms with Gasteiger partial charge < -0.3 is 10.1 Å². The van der Waals surface area contributed by atoms with E-state index in [1.165, 1.54) is 6.07 Å². The molecule has 1 amide bonds. The molecule has 2 aromatic carbocycles. The van der Waals surface area contributed by atoms with E-state index in [1.54, 1.807) is 18.2 Å². The van der Waals surface area contributed by atoms with Crippen LogP contribution < -0.4 is 10.1 Å². The first kappa shape index (κ1) is 17.2. The van der Waals surface area contributed by atoms with Crippen molar-refractivity contribution in [2.75, 3.05) is 18.2 Å². The molecule has 0 aliphatic rings. The van der Waals surface area contributed by atoms with E-state index in [9.17, 15) is 17.6 Å². The largest absolute Gasteiger partial charge is 0.484 e. The molecule has 1 N–H and O–H groups in total. The zero-order chi connectivity index (χ0) is 17.0. The smallest absolute Gasteiger partial charge is 0.262 e. The van der Waals surface area contributed by atoms with Gasteiger partial charge in [0.05, 0.1) is 10.6 Å². The molecule has 0 radical (unpaired) electrons. The van der Waals surface area contributed by atoms with Crippen molar-refractivity contribution in [2.45, 2.75) is 4.90 Å². The molecular formula is C15H13ClFNO4S. The van der Waals surface area contributed by atoms with Crippen LogP contribution in [0.25, 0.3) is 0 Å². The van der Waals surface area contributed by atoms with E-state index in [1.807, 2.05) is 0 Å². The number of benzene rings is 2. The summed E-state index contributed by atoms with van der Waals surface area (Å²) in [5.41, 5.74) is -0.229. The van der Waals surface area contributed by atoms with Crippen molar-refractivity contribution in [1.82, 2.24) is 0 Å². The lowest BCUT2D eigenvalue weighted by molar-refractivity contribution is -0.118. The summed E-state index contributed by atoms with van der Waals surface area (Å²) in [4.78, 5) is 11.7. The van der Waals surface area contributed by atoms with Crippen molar-refractivity contribution in [2.24, 2.45) is 0 Å². The van der Waals surface area contributed by atoms with E-state index in [0.717, 1.165) is 24.5 Å². The lowest BCUT2D eigenvalue weighted by Gasteiger charge is -2.09. The summed E-state index contributed by atoms with van der Waals surface area (Å²) in [6.07, 6.45) is 0.994. The van der Waals surface area contributed by atoms with Gasteiger partial charge in [0.15, 0.2) is 16.4 Å². The number of carbonyl (C=O) groups excluding carboxylic acids is 1. The van der Waals surface area contributed by atoms with E-state index in [0.29, 0.717) is 10.8 Å². The molecule has 122 valence electrons. The van der Waals surface area contributed by atoms with E-state index in [4.69, 9.17) is 16.3 Å². The van der Waals surface area contributed by atoms with Crippen molar-refractivity contribution in [1.29, 1.82) is 0 Å². The Balaban J connectivity index is 2.05. The Kier molecular flexibility index (Phi) is 5.23. The zero-order valence-electron chi connectivity index (χ0n) is 12.0. The van der Waals surface area contributed by atoms with Gasteiger partial charge in [0, 0.05) is 11.3 Å². The van der Waals surface area contributed by atoms with Crippen molar-refractivity contribution in [3.05, 3.63) is 53.3 Å². The van der Waals surface area contributed by atoms with Gasteiger partial charge in [0.2, 0.25) is 0 Å². The number of carbonyl (C=O) groups is 1. The van der Waals surface area contributed by atoms with Gasteiger partial charge in [-0.25, -0.2) is 12.8 Å². The Morgan fingerprint density at radius 1 is 1.26 bits per heavy atom. The highest BCUT2D eigenvalue weighted by Gasteiger charge is 2.13. The first-order chi connectivity index (χ1) is 10.8. The van der Waals surface area contributed by atoms with Crippen LogP contribution in [-0.2, 0) is 14.6 Å². The molecule has 2 aromatic rings. The molecule has 5 nitrogen and oxygen atoms in total. The minimum Gasteiger partial charge on any atom is -0.484 e. The summed E-state index contributed by atoms with van der Waals surface area (Å²) in [5.74, 6) is -0.985. The second kappa shape index (κ2) is 6.97. The number of nitrogens with one attached hydrogen (secondary N) is 1. The number of hydrogen-bond acceptors (Lipinski definition) is 4. The molecule has 0 saturated carbocycles. The maximum absolute atomic E-state index is 13.7. The van der Waals surface area contributed by atoms with Crippen LogP contribution in [0.15, 0.2) is 47.4 Å². The van der Waals surface area contributed by atoms with Gasteiger partial charge in [-0.05, 0) is 36.4 Å². The van der Waals surface area contributed by atoms with Gasteiger partial charge in [0.1, 0.15) is 11.6 Å². The summed E-state index contributed by atoms with van der Waals surface area (Å²) in [7, 11) is -3.50. The number of sulfone groups is 1. The molecule has 0 aliphatic carbocycles. The summed E-state index contributed by atoms with van der Waals surface area (Å²) in [5, 5.41) is 2.72. The topological polar surface area (TPSA) is 72.5 Å². The van der Waals surface area contributed by atoms with Crippen molar-refractivity contribution in [3.8, 4) is 5.75 Å². The first-order valence-corrected chi connectivity index (χ1v) is 8.70. The summed E-state index contributed by atoms with van der Waals surface area (Å²) < 4.78 is 41.8. The monoisotopic (exact) mass is 357 g/mol. The molecule has 0 aromatic heterocycles. The minimum absolute atomic E-state index is 0.0926. The Morgan fingerprint density at radius 2 is 2.00 bits per heavy atom. The van der Waals surface area contributed by atoms with E-state index in [-0.39, 0.29) is 17.2 Å². The summed E-state index contributed by atoms with van der Waals surface area (Å²) in [6.45, 7) is -0.372. The minimum atomic E-state index is -3.50. The van der Waals surface area contributed by atoms with Crippen LogP contribution >= 0.6 is 11.6 Å². The average Bonchev–Trinajstić information content (AvgIpc) is 2.46. The van der Waals surface area contributed by atoms with Crippen molar-refractivity contribution >= 4 is 33.0 Å². The third kappa shape index (κ3) is 4.94. The highest BCUT2D eigenvalue weighted by molar-refractivity contribution is 7.90. The molecule has 2 rings (SSSR count). The lowest BCUT2D eigenvalue weighted by atomic mass is 10.3. The summed E-state index contributed by atoms with van der Waals surface area (Å²) >= 11 is 5.78. The first-order valence-electron chi connectivity index (χ1n) is 6.43. The number of hydrogen-bond donors (Lipinski definition) is 1. The number of rotatable bonds is 5. The Hall–Kier alpha value is -2.12. The molecule has 0 atom stereocenters. The molecule has 0 fully saturated rings. The lowest BCUT2D eigenvalue weighted by Crippen LogP contribution is -2.21. The number of halogens is 2. The average molecular weight is 358 g/mol. The summed E-state index contributed by atoms with van der Waals surface area (Å²) in [6, 6.07) is 9.61. The SMILES string of the molecule is CS(=O)(=O)c1ccc(F)c(NC(=O)COc2cccc(Cl)c2)c1. The van der Waals surface area contributed by atoms with Gasteiger partial charge >= 0.3 is 0 Å². The van der Waals surface area contributed by atoms with Crippen LogP contribution in [0.4, 0.5) is 10.1 Å². The van der Waals surface area contributed by atoms with Crippen LogP contribution in [0.3, 0.4) is 0 Å². The fourth-order valence-corrected chi connectivity index (χ4v) is 2.55. The zero-order valence-corrected chi connectivity index (χ0v) is 13.6. The predicted octanol–water partition coefficient (Wildman–Crippen LogP) is 2.90. The molecule has 0 bridgehead atoms. The third-order valence-electron chi connectivity index (χ3n) is 2.81. The van der Waals surface area contributed by atoms with Gasteiger partial charge in [-0.15, -0.1) is 0 Å². The van der Waals surface area contributed by atoms with Crippen LogP contribution in [0.5, 0.6) is 5.75 Å².